The van der Waals surface area contributed by atoms with E-state index in [-0.39, 0.29) is 10.8 Å². The van der Waals surface area contributed by atoms with Gasteiger partial charge in [0, 0.05) is 45.1 Å². The van der Waals surface area contributed by atoms with Crippen molar-refractivity contribution in [2.24, 2.45) is 23.7 Å². The van der Waals surface area contributed by atoms with Gasteiger partial charge in [0.05, 0.1) is 0 Å². The predicted octanol–water partition coefficient (Wildman–Crippen LogP) is 16.3. The minimum atomic E-state index is -0.253. The van der Waals surface area contributed by atoms with E-state index >= 15 is 0 Å². The van der Waals surface area contributed by atoms with Crippen LogP contribution in [0.15, 0.2) is 188 Å². The lowest BCUT2D eigenvalue weighted by Gasteiger charge is -2.61. The molecule has 306 valence electrons. The molecule has 0 radical (unpaired) electrons. The molecule has 63 heavy (non-hydrogen) atoms. The maximum Gasteiger partial charge on any atom is 0.133 e. The van der Waals surface area contributed by atoms with Crippen molar-refractivity contribution in [2.75, 3.05) is 4.90 Å². The summed E-state index contributed by atoms with van der Waals surface area (Å²) in [6.45, 7) is 4.71. The second-order valence-corrected chi connectivity index (χ2v) is 19.7. The first-order chi connectivity index (χ1) is 30.9. The van der Waals surface area contributed by atoms with Gasteiger partial charge in [0.1, 0.15) is 11.5 Å². The summed E-state index contributed by atoms with van der Waals surface area (Å²) < 4.78 is 7.18. The molecule has 0 saturated heterocycles. The Labute approximate surface area is 371 Å². The lowest BCUT2D eigenvalue weighted by molar-refractivity contribution is -0.0397. The van der Waals surface area contributed by atoms with Crippen molar-refractivity contribution in [3.8, 4) is 56.0 Å². The van der Waals surface area contributed by atoms with Gasteiger partial charge in [0.25, 0.3) is 0 Å². The van der Waals surface area contributed by atoms with E-state index in [0.29, 0.717) is 11.8 Å². The summed E-state index contributed by atoms with van der Waals surface area (Å²) >= 11 is 0. The summed E-state index contributed by atoms with van der Waals surface area (Å²) in [6.07, 6.45) is 6.96. The predicted molar refractivity (Wildman–Crippen MR) is 259 cm³/mol. The highest BCUT2D eigenvalue weighted by molar-refractivity contribution is 5.90. The molecule has 4 fully saturated rings. The van der Waals surface area contributed by atoms with Gasteiger partial charge < -0.3 is 9.64 Å². The van der Waals surface area contributed by atoms with Crippen LogP contribution in [0.4, 0.5) is 17.1 Å². The van der Waals surface area contributed by atoms with Gasteiger partial charge in [-0.2, -0.15) is 0 Å². The molecule has 0 amide bonds. The molecule has 6 aliphatic rings. The molecule has 2 nitrogen and oxygen atoms in total. The van der Waals surface area contributed by atoms with E-state index in [2.05, 4.69) is 207 Å². The third kappa shape index (κ3) is 5.56. The maximum absolute atomic E-state index is 7.18. The topological polar surface area (TPSA) is 12.5 Å². The SMILES string of the molecule is CC1(C)c2ccc(-c3cccc4c3C3(c5ccccc5-4)C4CC5CC(C4)CC3C5)cc2Oc2cc(N(c3ccc(-c4ccccc4)cc3)c3ccc(-c4ccccc4)cc3)ccc21. The minimum absolute atomic E-state index is 0.0928. The van der Waals surface area contributed by atoms with Crippen molar-refractivity contribution in [3.05, 3.63) is 210 Å². The standard InChI is InChI=1S/C61H51NO/c1-60(2)55-30-24-45(51-17-11-18-53-52-16-9-10-19-54(52)61(59(51)53)46-33-39-32-40(35-46)36-47(61)34-39)37-57(55)63-58-38-50(29-31-56(58)60)62(48-25-20-43(21-26-48)41-12-5-3-6-13-41)49-27-22-44(23-28-49)42-14-7-4-8-15-42/h3-31,37-40,46-47H,32-36H2,1-2H3. The summed E-state index contributed by atoms with van der Waals surface area (Å²) in [5.41, 5.74) is 19.1. The van der Waals surface area contributed by atoms with Crippen LogP contribution in [0.2, 0.25) is 0 Å². The van der Waals surface area contributed by atoms with E-state index in [4.69, 9.17) is 4.74 Å². The zero-order valence-electron chi connectivity index (χ0n) is 36.1. The fourth-order valence-corrected chi connectivity index (χ4v) is 13.6. The minimum Gasteiger partial charge on any atom is -0.457 e. The number of hydrogen-bond donors (Lipinski definition) is 0. The Bertz CT molecular complexity index is 2940. The van der Waals surface area contributed by atoms with Gasteiger partial charge in [-0.1, -0.05) is 159 Å². The van der Waals surface area contributed by atoms with Gasteiger partial charge in [-0.3, -0.25) is 0 Å². The Morgan fingerprint density at radius 2 is 0.873 bits per heavy atom. The Morgan fingerprint density at radius 3 is 1.49 bits per heavy atom. The average Bonchev–Trinajstić information content (AvgIpc) is 3.62. The molecule has 4 saturated carbocycles. The molecule has 0 aromatic heterocycles. The molecule has 14 rings (SSSR count). The van der Waals surface area contributed by atoms with Crippen LogP contribution in [0.25, 0.3) is 44.5 Å². The first kappa shape index (κ1) is 37.0. The summed E-state index contributed by atoms with van der Waals surface area (Å²) in [5, 5.41) is 0. The molecule has 1 heterocycles. The van der Waals surface area contributed by atoms with E-state index in [0.717, 1.165) is 40.4 Å². The smallest absolute Gasteiger partial charge is 0.133 e. The fourth-order valence-electron chi connectivity index (χ4n) is 13.6. The van der Waals surface area contributed by atoms with Crippen molar-refractivity contribution in [3.63, 3.8) is 0 Å². The maximum atomic E-state index is 7.18. The van der Waals surface area contributed by atoms with Gasteiger partial charge in [-0.25, -0.2) is 0 Å². The largest absolute Gasteiger partial charge is 0.457 e. The van der Waals surface area contributed by atoms with Crippen LogP contribution < -0.4 is 9.64 Å². The second-order valence-electron chi connectivity index (χ2n) is 19.7. The number of hydrogen-bond acceptors (Lipinski definition) is 2. The monoisotopic (exact) mass is 813 g/mol. The molecule has 5 aliphatic carbocycles. The van der Waals surface area contributed by atoms with E-state index in [1.807, 2.05) is 0 Å². The Hall–Kier alpha value is -6.64. The first-order valence-corrected chi connectivity index (χ1v) is 23.3. The molecule has 0 unspecified atom stereocenters. The van der Waals surface area contributed by atoms with Crippen molar-refractivity contribution in [1.29, 1.82) is 0 Å². The fraction of sp³-hybridized carbons (Fsp3) is 0.213. The van der Waals surface area contributed by atoms with E-state index < -0.39 is 0 Å². The van der Waals surface area contributed by atoms with Crippen molar-refractivity contribution < 1.29 is 4.74 Å². The average molecular weight is 814 g/mol. The van der Waals surface area contributed by atoms with E-state index in [1.54, 1.807) is 11.1 Å². The molecule has 1 spiro atoms. The Balaban J connectivity index is 0.908. The van der Waals surface area contributed by atoms with Gasteiger partial charge >= 0.3 is 0 Å². The Kier molecular flexibility index (Phi) is 8.17. The summed E-state index contributed by atoms with van der Waals surface area (Å²) in [7, 11) is 0. The van der Waals surface area contributed by atoms with Gasteiger partial charge in [0.2, 0.25) is 0 Å². The van der Waals surface area contributed by atoms with Crippen LogP contribution in [0.1, 0.15) is 68.2 Å². The number of benzene rings is 8. The summed E-state index contributed by atoms with van der Waals surface area (Å²) in [4.78, 5) is 2.36. The quantitative estimate of drug-likeness (QED) is 0.166. The van der Waals surface area contributed by atoms with E-state index in [1.165, 1.54) is 87.7 Å². The highest BCUT2D eigenvalue weighted by Crippen LogP contribution is 2.70. The normalized spacial score (nSPS) is 22.8. The number of fused-ring (bicyclic) bond motifs is 5. The highest BCUT2D eigenvalue weighted by atomic mass is 16.5. The lowest BCUT2D eigenvalue weighted by atomic mass is 9.42. The third-order valence-electron chi connectivity index (χ3n) is 16.1. The molecule has 1 aliphatic heterocycles. The molecule has 8 aromatic rings. The lowest BCUT2D eigenvalue weighted by Crippen LogP contribution is -2.55. The van der Waals surface area contributed by atoms with Crippen LogP contribution in [-0.4, -0.2) is 0 Å². The Morgan fingerprint density at radius 1 is 0.397 bits per heavy atom. The third-order valence-corrected chi connectivity index (χ3v) is 16.1. The van der Waals surface area contributed by atoms with Gasteiger partial charge in [0.15, 0.2) is 0 Å². The number of nitrogens with zero attached hydrogens (tertiary/aromatic N) is 1. The second kappa shape index (κ2) is 13.9. The van der Waals surface area contributed by atoms with Crippen LogP contribution in [0.3, 0.4) is 0 Å². The molecule has 8 aromatic carbocycles. The molecule has 2 heteroatoms. The van der Waals surface area contributed by atoms with Crippen LogP contribution in [0, 0.1) is 23.7 Å². The van der Waals surface area contributed by atoms with Crippen molar-refractivity contribution >= 4 is 17.1 Å². The number of rotatable bonds is 6. The first-order valence-electron chi connectivity index (χ1n) is 23.3. The van der Waals surface area contributed by atoms with Crippen LogP contribution in [0.5, 0.6) is 11.5 Å². The highest BCUT2D eigenvalue weighted by Gasteiger charge is 2.62. The number of anilines is 3. The summed E-state index contributed by atoms with van der Waals surface area (Å²) in [5.74, 6) is 5.11. The molecular formula is C61H51NO. The summed E-state index contributed by atoms with van der Waals surface area (Å²) in [6, 6.07) is 69.7. The van der Waals surface area contributed by atoms with Gasteiger partial charge in [-0.15, -0.1) is 0 Å². The van der Waals surface area contributed by atoms with Crippen molar-refractivity contribution in [2.45, 2.75) is 56.8 Å². The van der Waals surface area contributed by atoms with Gasteiger partial charge in [-0.05, 0) is 148 Å². The molecule has 0 atom stereocenters. The molecule has 4 bridgehead atoms. The zero-order valence-corrected chi connectivity index (χ0v) is 36.1. The molecule has 0 N–H and O–H groups in total. The molecular weight excluding hydrogens is 763 g/mol. The van der Waals surface area contributed by atoms with Crippen LogP contribution >= 0.6 is 0 Å². The van der Waals surface area contributed by atoms with E-state index in [9.17, 15) is 0 Å². The van der Waals surface area contributed by atoms with Crippen LogP contribution in [-0.2, 0) is 10.8 Å². The number of ether oxygens (including phenoxy) is 1. The van der Waals surface area contributed by atoms with Crippen molar-refractivity contribution in [1.82, 2.24) is 0 Å². The zero-order chi connectivity index (χ0) is 41.9.